The number of ether oxygens (including phenoxy) is 1. The first-order valence-corrected chi connectivity index (χ1v) is 22.3. The number of hydrogen-bond donors (Lipinski definition) is 3. The summed E-state index contributed by atoms with van der Waals surface area (Å²) in [6, 6.07) is 13.1. The van der Waals surface area contributed by atoms with Crippen molar-refractivity contribution >= 4 is 74.8 Å². The normalized spacial score (nSPS) is 18.4. The number of hydrogen-bond acceptors (Lipinski definition) is 12. The average molecular weight is 912 g/mol. The zero-order valence-electron chi connectivity index (χ0n) is 36.0. The second-order valence-electron chi connectivity index (χ2n) is 16.7. The van der Waals surface area contributed by atoms with Gasteiger partial charge in [-0.1, -0.05) is 30.8 Å². The molecule has 1 atom stereocenters. The lowest BCUT2D eigenvalue weighted by Gasteiger charge is -2.38. The van der Waals surface area contributed by atoms with E-state index in [2.05, 4.69) is 53.4 Å². The van der Waals surface area contributed by atoms with Gasteiger partial charge in [0, 0.05) is 92.6 Å². The fourth-order valence-corrected chi connectivity index (χ4v) is 9.48. The number of ketones is 3. The maximum Gasteiger partial charge on any atom is 0.325 e. The van der Waals surface area contributed by atoms with Crippen LogP contribution in [-0.2, 0) is 4.79 Å². The number of aromatic nitrogens is 3. The van der Waals surface area contributed by atoms with Gasteiger partial charge in [0.25, 0.3) is 0 Å². The molecule has 3 aromatic carbocycles. The number of nitrogens with one attached hydrogen (secondary N) is 3. The number of nitrogens with zero attached hydrogens (tertiary/aromatic N) is 6. The number of anilines is 4. The molecule has 0 spiro atoms. The Bertz CT molecular complexity index is 2830. The molecule has 5 heterocycles. The number of fused-ring (bicyclic) bond motifs is 2. The Labute approximate surface area is 384 Å². The molecule has 5 aromatic rings. The van der Waals surface area contributed by atoms with Crippen molar-refractivity contribution in [3.8, 4) is 5.75 Å². The number of aromatic amines is 1. The smallest absolute Gasteiger partial charge is 0.325 e. The van der Waals surface area contributed by atoms with E-state index in [0.29, 0.717) is 62.3 Å². The number of urea groups is 1. The van der Waals surface area contributed by atoms with Gasteiger partial charge in [0.05, 0.1) is 21.7 Å². The molecule has 66 heavy (non-hydrogen) atoms. The van der Waals surface area contributed by atoms with Crippen molar-refractivity contribution in [3.63, 3.8) is 0 Å². The van der Waals surface area contributed by atoms with Crippen molar-refractivity contribution in [1.82, 2.24) is 30.1 Å². The highest BCUT2D eigenvalue weighted by molar-refractivity contribution is 6.36. The fourth-order valence-electron chi connectivity index (χ4n) is 9.22. The van der Waals surface area contributed by atoms with Crippen LogP contribution in [0.5, 0.6) is 5.75 Å². The number of H-pyrrole nitrogens is 1. The summed E-state index contributed by atoms with van der Waals surface area (Å²) in [5, 5.41) is 6.03. The quantitative estimate of drug-likeness (QED) is 0.0435. The number of piperidine rings is 1. The van der Waals surface area contributed by atoms with E-state index in [1.807, 2.05) is 6.07 Å². The van der Waals surface area contributed by atoms with Crippen LogP contribution in [0.3, 0.4) is 0 Å². The van der Waals surface area contributed by atoms with Gasteiger partial charge in [-0.2, -0.15) is 0 Å². The summed E-state index contributed by atoms with van der Waals surface area (Å²) in [4.78, 5) is 84.1. The van der Waals surface area contributed by atoms with Crippen LogP contribution < -0.4 is 25.2 Å². The number of rotatable bonds is 14. The maximum absolute atomic E-state index is 15.8. The number of carbonyl (C=O) groups is 5. The van der Waals surface area contributed by atoms with E-state index in [9.17, 15) is 24.0 Å². The van der Waals surface area contributed by atoms with E-state index in [0.717, 1.165) is 75.7 Å². The number of carbonyl (C=O) groups excluding carboxylic acids is 5. The molecule has 0 saturated carbocycles. The van der Waals surface area contributed by atoms with E-state index in [1.165, 1.54) is 18.5 Å². The van der Waals surface area contributed by atoms with Gasteiger partial charge in [-0.05, 0) is 92.4 Å². The first-order valence-electron chi connectivity index (χ1n) is 21.9. The SMILES string of the molecule is C=C/C=C(\C=C)Oc1ccc(C(=O)c2c[nH]c3ncnc(Nc4ccc(N5CCC(CCN6CCN(c7ccc8c(c7)C(=O)C(N7CCC(=O)NC7=O)C8=O)CC6)CC5)c(F)c4)c23)c(Cl)c1. The molecule has 15 nitrogen and oxygen atoms in total. The van der Waals surface area contributed by atoms with E-state index >= 15 is 4.39 Å². The lowest BCUT2D eigenvalue weighted by atomic mass is 9.93. The van der Waals surface area contributed by atoms with Crippen LogP contribution in [0.1, 0.15) is 62.3 Å². The third kappa shape index (κ3) is 8.81. The van der Waals surface area contributed by atoms with E-state index in [1.54, 1.807) is 60.8 Å². The molecular weight excluding hydrogens is 865 g/mol. The molecule has 1 unspecified atom stereocenters. The molecule has 9 rings (SSSR count). The standard InChI is InChI=1S/C49H47ClFN9O6/c1-3-5-32(4-2)66-33-8-10-35(38(50)26-33)44(62)37-27-52-47-42(37)48(54-28-53-47)55-30-6-11-40(39(51)24-30)59-17-13-29(14-18-59)12-16-57-20-22-58(23-21-57)31-7-9-34-36(25-31)46(64)43(45(34)63)60-19-15-41(61)56-49(60)65/h3-11,24-29,43H,1-2,12-23H2,(H,56,61,65)(H2,52,53,54,55)/b32-5+. The molecular formula is C49H47ClFN9O6. The van der Waals surface area contributed by atoms with Crippen molar-refractivity contribution < 1.29 is 33.1 Å². The Morgan fingerprint density at radius 2 is 1.68 bits per heavy atom. The molecule has 3 fully saturated rings. The highest BCUT2D eigenvalue weighted by atomic mass is 35.5. The van der Waals surface area contributed by atoms with Gasteiger partial charge >= 0.3 is 6.03 Å². The largest absolute Gasteiger partial charge is 0.457 e. The van der Waals surface area contributed by atoms with Gasteiger partial charge in [0.15, 0.2) is 23.4 Å². The molecule has 3 amide bonds. The number of imide groups is 1. The van der Waals surface area contributed by atoms with E-state index in [-0.39, 0.29) is 35.2 Å². The Morgan fingerprint density at radius 1 is 0.894 bits per heavy atom. The van der Waals surface area contributed by atoms with Crippen LogP contribution in [-0.4, -0.2) is 112 Å². The van der Waals surface area contributed by atoms with Crippen LogP contribution in [0.15, 0.2) is 104 Å². The van der Waals surface area contributed by atoms with Crippen LogP contribution in [0.4, 0.5) is 32.1 Å². The van der Waals surface area contributed by atoms with Crippen LogP contribution in [0, 0.1) is 11.7 Å². The molecule has 3 N–H and O–H groups in total. The van der Waals surface area contributed by atoms with Gasteiger partial charge in [-0.25, -0.2) is 19.2 Å². The summed E-state index contributed by atoms with van der Waals surface area (Å²) >= 11 is 6.58. The number of amides is 3. The Kier molecular flexibility index (Phi) is 12.5. The third-order valence-corrected chi connectivity index (χ3v) is 13.1. The molecule has 4 aliphatic rings. The number of allylic oxidation sites excluding steroid dienone is 3. The predicted molar refractivity (Wildman–Crippen MR) is 250 cm³/mol. The minimum absolute atomic E-state index is 0.0261. The third-order valence-electron chi connectivity index (χ3n) is 12.8. The number of benzene rings is 3. The molecule has 3 saturated heterocycles. The van der Waals surface area contributed by atoms with Crippen molar-refractivity contribution in [2.45, 2.75) is 31.7 Å². The van der Waals surface area contributed by atoms with E-state index in [4.69, 9.17) is 16.3 Å². The summed E-state index contributed by atoms with van der Waals surface area (Å²) in [5.74, 6) is -0.234. The Morgan fingerprint density at radius 3 is 2.41 bits per heavy atom. The first-order chi connectivity index (χ1) is 32.0. The highest BCUT2D eigenvalue weighted by Gasteiger charge is 2.46. The van der Waals surface area contributed by atoms with Gasteiger partial charge in [0.2, 0.25) is 5.91 Å². The summed E-state index contributed by atoms with van der Waals surface area (Å²) in [6.45, 7) is 13.1. The second-order valence-corrected chi connectivity index (χ2v) is 17.1. The Balaban J connectivity index is 0.763. The molecule has 3 aliphatic heterocycles. The number of piperazine rings is 1. The number of Topliss-reactive ketones (excluding diaryl/α,β-unsaturated/α-hetero) is 2. The number of halogens is 2. The second kappa shape index (κ2) is 18.7. The van der Waals surface area contributed by atoms with Gasteiger partial charge in [0.1, 0.15) is 35.1 Å². The highest BCUT2D eigenvalue weighted by Crippen LogP contribution is 2.35. The zero-order valence-corrected chi connectivity index (χ0v) is 36.8. The van der Waals surface area contributed by atoms with Gasteiger partial charge in [-0.3, -0.25) is 29.4 Å². The summed E-state index contributed by atoms with van der Waals surface area (Å²) < 4.78 is 21.6. The van der Waals surface area contributed by atoms with Crippen molar-refractivity contribution in [1.29, 1.82) is 0 Å². The summed E-state index contributed by atoms with van der Waals surface area (Å²) in [6.07, 6.45) is 10.7. The van der Waals surface area contributed by atoms with E-state index < -0.39 is 29.5 Å². The van der Waals surface area contributed by atoms with Crippen LogP contribution in [0.25, 0.3) is 11.0 Å². The lowest BCUT2D eigenvalue weighted by Crippen LogP contribution is -2.56. The fraction of sp³-hybridized carbons (Fsp3) is 0.286. The molecule has 0 bridgehead atoms. The molecule has 0 radical (unpaired) electrons. The minimum Gasteiger partial charge on any atom is -0.457 e. The molecule has 1 aliphatic carbocycles. The summed E-state index contributed by atoms with van der Waals surface area (Å²) in [5.41, 5.74) is 3.45. The van der Waals surface area contributed by atoms with Crippen LogP contribution >= 0.6 is 11.6 Å². The topological polar surface area (TPSA) is 173 Å². The first kappa shape index (κ1) is 44.1. The monoisotopic (exact) mass is 911 g/mol. The van der Waals surface area contributed by atoms with Crippen molar-refractivity contribution in [2.24, 2.45) is 5.92 Å². The van der Waals surface area contributed by atoms with Gasteiger partial charge < -0.3 is 29.7 Å². The van der Waals surface area contributed by atoms with Crippen molar-refractivity contribution in [2.75, 3.05) is 67.5 Å². The predicted octanol–water partition coefficient (Wildman–Crippen LogP) is 7.48. The minimum atomic E-state index is -1.24. The Hall–Kier alpha value is -7.17. The average Bonchev–Trinajstić information content (AvgIpc) is 3.87. The zero-order chi connectivity index (χ0) is 46.1. The van der Waals surface area contributed by atoms with Crippen LogP contribution in [0.2, 0.25) is 5.02 Å². The van der Waals surface area contributed by atoms with Crippen molar-refractivity contribution in [3.05, 3.63) is 137 Å². The lowest BCUT2D eigenvalue weighted by molar-refractivity contribution is -0.121. The van der Waals surface area contributed by atoms with Gasteiger partial charge in [-0.15, -0.1) is 0 Å². The molecule has 338 valence electrons. The maximum atomic E-state index is 15.8. The summed E-state index contributed by atoms with van der Waals surface area (Å²) in [7, 11) is 0. The molecule has 17 heteroatoms. The molecule has 2 aromatic heterocycles.